The van der Waals surface area contributed by atoms with Crippen LogP contribution in [0.1, 0.15) is 25.0 Å². The smallest absolute Gasteiger partial charge is 0.249 e. The minimum Gasteiger partial charge on any atom is -0.383 e. The summed E-state index contributed by atoms with van der Waals surface area (Å²) in [6.07, 6.45) is 2.70. The molecule has 142 valence electrons. The van der Waals surface area contributed by atoms with E-state index in [-0.39, 0.29) is 30.4 Å². The molecular weight excluding hydrogens is 341 g/mol. The summed E-state index contributed by atoms with van der Waals surface area (Å²) in [7, 11) is 1.58. The van der Waals surface area contributed by atoms with E-state index in [1.165, 1.54) is 12.1 Å². The molecule has 0 aliphatic carbocycles. The monoisotopic (exact) mass is 365 g/mol. The molecule has 3 rings (SSSR count). The van der Waals surface area contributed by atoms with Crippen molar-refractivity contribution in [2.45, 2.75) is 43.9 Å². The van der Waals surface area contributed by atoms with Gasteiger partial charge in [0.2, 0.25) is 11.8 Å². The summed E-state index contributed by atoms with van der Waals surface area (Å²) in [5, 5.41) is 2.80. The summed E-state index contributed by atoms with van der Waals surface area (Å²) in [5.74, 6) is -0.582. The predicted octanol–water partition coefficient (Wildman–Crippen LogP) is 0.674. The molecule has 3 atom stereocenters. The zero-order chi connectivity index (χ0) is 18.5. The lowest BCUT2D eigenvalue weighted by molar-refractivity contribution is -0.147. The molecule has 8 heteroatoms. The van der Waals surface area contributed by atoms with E-state index in [4.69, 9.17) is 9.47 Å². The number of ether oxygens (including phenoxy) is 2. The number of hydrogen-bond donors (Lipinski definition) is 1. The number of fused-ring (bicyclic) bond motifs is 1. The van der Waals surface area contributed by atoms with Crippen molar-refractivity contribution in [1.82, 2.24) is 15.2 Å². The molecular formula is C18H24FN3O4. The maximum Gasteiger partial charge on any atom is 0.249 e. The number of pyridine rings is 1. The van der Waals surface area contributed by atoms with Gasteiger partial charge >= 0.3 is 0 Å². The Balaban J connectivity index is 1.52. The second-order valence-electron chi connectivity index (χ2n) is 6.61. The minimum atomic E-state index is -0.470. The van der Waals surface area contributed by atoms with Gasteiger partial charge < -0.3 is 19.7 Å². The molecule has 7 nitrogen and oxygen atoms in total. The van der Waals surface area contributed by atoms with Crippen molar-refractivity contribution < 1.29 is 23.5 Å². The van der Waals surface area contributed by atoms with Gasteiger partial charge in [-0.2, -0.15) is 0 Å². The first kappa shape index (κ1) is 18.7. The van der Waals surface area contributed by atoms with Gasteiger partial charge in [-0.3, -0.25) is 14.6 Å². The van der Waals surface area contributed by atoms with Crippen molar-refractivity contribution in [3.63, 3.8) is 0 Å². The normalized spacial score (nSPS) is 25.0. The van der Waals surface area contributed by atoms with Gasteiger partial charge in [-0.25, -0.2) is 4.39 Å². The quantitative estimate of drug-likeness (QED) is 0.750. The summed E-state index contributed by atoms with van der Waals surface area (Å²) in [5.41, 5.74) is 0.548. The Morgan fingerprint density at radius 3 is 2.96 bits per heavy atom. The SMILES string of the molecule is COCCNC(=O)[C@H]1CC[C@@H]2[C@@H](CCN2C(=O)Cc2ccc(F)cn2)O1. The van der Waals surface area contributed by atoms with Crippen LogP contribution in [0.15, 0.2) is 18.3 Å². The van der Waals surface area contributed by atoms with E-state index in [0.29, 0.717) is 31.8 Å². The summed E-state index contributed by atoms with van der Waals surface area (Å²) in [4.78, 5) is 30.5. The highest BCUT2D eigenvalue weighted by atomic mass is 19.1. The van der Waals surface area contributed by atoms with Crippen LogP contribution in [0.4, 0.5) is 4.39 Å². The molecule has 3 heterocycles. The van der Waals surface area contributed by atoms with Crippen LogP contribution in [0.5, 0.6) is 0 Å². The Morgan fingerprint density at radius 1 is 1.38 bits per heavy atom. The number of likely N-dealkylation sites (tertiary alicyclic amines) is 1. The number of hydrogen-bond acceptors (Lipinski definition) is 5. The van der Waals surface area contributed by atoms with E-state index in [2.05, 4.69) is 10.3 Å². The topological polar surface area (TPSA) is 80.8 Å². The molecule has 0 aromatic carbocycles. The van der Waals surface area contributed by atoms with Crippen molar-refractivity contribution in [3.05, 3.63) is 29.8 Å². The van der Waals surface area contributed by atoms with E-state index in [0.717, 1.165) is 19.0 Å². The largest absolute Gasteiger partial charge is 0.383 e. The van der Waals surface area contributed by atoms with E-state index in [9.17, 15) is 14.0 Å². The fraction of sp³-hybridized carbons (Fsp3) is 0.611. The molecule has 1 N–H and O–H groups in total. The third kappa shape index (κ3) is 4.37. The number of methoxy groups -OCH3 is 1. The van der Waals surface area contributed by atoms with E-state index in [1.54, 1.807) is 7.11 Å². The van der Waals surface area contributed by atoms with E-state index >= 15 is 0 Å². The highest BCUT2D eigenvalue weighted by Crippen LogP contribution is 2.32. The van der Waals surface area contributed by atoms with Crippen LogP contribution in [-0.4, -0.2) is 66.8 Å². The molecule has 26 heavy (non-hydrogen) atoms. The molecule has 2 saturated heterocycles. The Labute approximate surface area is 151 Å². The van der Waals surface area contributed by atoms with Crippen LogP contribution >= 0.6 is 0 Å². The molecule has 0 spiro atoms. The predicted molar refractivity (Wildman–Crippen MR) is 90.8 cm³/mol. The number of nitrogens with zero attached hydrogens (tertiary/aromatic N) is 2. The number of amides is 2. The molecule has 1 aromatic heterocycles. The van der Waals surface area contributed by atoms with Gasteiger partial charge in [0.05, 0.1) is 31.4 Å². The molecule has 0 saturated carbocycles. The second-order valence-corrected chi connectivity index (χ2v) is 6.61. The van der Waals surface area contributed by atoms with Crippen LogP contribution < -0.4 is 5.32 Å². The molecule has 2 fully saturated rings. The lowest BCUT2D eigenvalue weighted by Crippen LogP contribution is -2.49. The standard InChI is InChI=1S/C18H24FN3O4/c1-25-9-7-20-18(24)16-5-4-14-15(26-16)6-8-22(14)17(23)10-13-3-2-12(19)11-21-13/h2-3,11,14-16H,4-10H2,1H3,(H,20,24)/t14-,15-,16-/m1/s1. The summed E-state index contributed by atoms with van der Waals surface area (Å²) in [6.45, 7) is 1.52. The summed E-state index contributed by atoms with van der Waals surface area (Å²) < 4.78 is 23.8. The summed E-state index contributed by atoms with van der Waals surface area (Å²) >= 11 is 0. The molecule has 1 aromatic rings. The Morgan fingerprint density at radius 2 is 2.23 bits per heavy atom. The average Bonchev–Trinajstić information content (AvgIpc) is 3.07. The Hall–Kier alpha value is -2.06. The fourth-order valence-corrected chi connectivity index (χ4v) is 3.59. The van der Waals surface area contributed by atoms with Crippen LogP contribution in [0, 0.1) is 5.82 Å². The van der Waals surface area contributed by atoms with Gasteiger partial charge in [-0.1, -0.05) is 0 Å². The molecule has 2 aliphatic rings. The van der Waals surface area contributed by atoms with Crippen molar-refractivity contribution in [2.24, 2.45) is 0 Å². The number of carbonyl (C=O) groups excluding carboxylic acids is 2. The molecule has 0 unspecified atom stereocenters. The van der Waals surface area contributed by atoms with Crippen LogP contribution in [0.2, 0.25) is 0 Å². The number of rotatable bonds is 6. The third-order valence-electron chi connectivity index (χ3n) is 4.89. The first-order valence-corrected chi connectivity index (χ1v) is 8.90. The van der Waals surface area contributed by atoms with Gasteiger partial charge in [0.25, 0.3) is 0 Å². The van der Waals surface area contributed by atoms with Crippen LogP contribution in [0.25, 0.3) is 0 Å². The fourth-order valence-electron chi connectivity index (χ4n) is 3.59. The van der Waals surface area contributed by atoms with Gasteiger partial charge in [-0.05, 0) is 31.4 Å². The number of aromatic nitrogens is 1. The summed E-state index contributed by atoms with van der Waals surface area (Å²) in [6, 6.07) is 2.82. The maximum absolute atomic E-state index is 12.9. The first-order chi connectivity index (χ1) is 12.6. The molecule has 0 radical (unpaired) electrons. The van der Waals surface area contributed by atoms with Gasteiger partial charge in [0.15, 0.2) is 0 Å². The van der Waals surface area contributed by atoms with Crippen molar-refractivity contribution >= 4 is 11.8 Å². The zero-order valence-electron chi connectivity index (χ0n) is 14.8. The molecule has 2 aliphatic heterocycles. The Bertz CT molecular complexity index is 640. The average molecular weight is 365 g/mol. The number of halogens is 1. The van der Waals surface area contributed by atoms with Crippen molar-refractivity contribution in [3.8, 4) is 0 Å². The van der Waals surface area contributed by atoms with Crippen LogP contribution in [0.3, 0.4) is 0 Å². The second kappa shape index (κ2) is 8.55. The van der Waals surface area contributed by atoms with Gasteiger partial charge in [0, 0.05) is 25.9 Å². The van der Waals surface area contributed by atoms with Gasteiger partial charge in [0.1, 0.15) is 11.9 Å². The lowest BCUT2D eigenvalue weighted by atomic mass is 9.98. The molecule has 0 bridgehead atoms. The Kier molecular flexibility index (Phi) is 6.16. The van der Waals surface area contributed by atoms with E-state index in [1.807, 2.05) is 4.90 Å². The zero-order valence-corrected chi connectivity index (χ0v) is 14.8. The lowest BCUT2D eigenvalue weighted by Gasteiger charge is -2.35. The van der Waals surface area contributed by atoms with Crippen LogP contribution in [-0.2, 0) is 25.5 Å². The minimum absolute atomic E-state index is 0.00836. The number of nitrogens with one attached hydrogen (secondary N) is 1. The highest BCUT2D eigenvalue weighted by Gasteiger charge is 2.43. The molecule has 2 amide bonds. The number of carbonyl (C=O) groups is 2. The van der Waals surface area contributed by atoms with E-state index < -0.39 is 11.9 Å². The third-order valence-corrected chi connectivity index (χ3v) is 4.89. The first-order valence-electron chi connectivity index (χ1n) is 8.90. The van der Waals surface area contributed by atoms with Gasteiger partial charge in [-0.15, -0.1) is 0 Å². The van der Waals surface area contributed by atoms with Crippen molar-refractivity contribution in [1.29, 1.82) is 0 Å². The van der Waals surface area contributed by atoms with Crippen molar-refractivity contribution in [2.75, 3.05) is 26.8 Å². The highest BCUT2D eigenvalue weighted by molar-refractivity contribution is 5.81. The maximum atomic E-state index is 12.9.